The van der Waals surface area contributed by atoms with Crippen LogP contribution in [0.1, 0.15) is 70.1 Å². The van der Waals surface area contributed by atoms with Gasteiger partial charge in [0.2, 0.25) is 21.8 Å². The van der Waals surface area contributed by atoms with Crippen molar-refractivity contribution in [1.82, 2.24) is 20.3 Å². The van der Waals surface area contributed by atoms with E-state index in [0.29, 0.717) is 24.3 Å². The topological polar surface area (TPSA) is 120 Å². The fourth-order valence-electron chi connectivity index (χ4n) is 5.38. The summed E-state index contributed by atoms with van der Waals surface area (Å²) in [6.45, 7) is 11.6. The van der Waals surface area contributed by atoms with E-state index in [-0.39, 0.29) is 30.0 Å². The van der Waals surface area contributed by atoms with Crippen molar-refractivity contribution < 1.29 is 18.0 Å². The van der Waals surface area contributed by atoms with E-state index in [2.05, 4.69) is 33.5 Å². The molecule has 0 spiro atoms. The van der Waals surface area contributed by atoms with Crippen LogP contribution in [0.25, 0.3) is 10.9 Å². The van der Waals surface area contributed by atoms with E-state index in [1.807, 2.05) is 32.0 Å². The first-order chi connectivity index (χ1) is 19.0. The summed E-state index contributed by atoms with van der Waals surface area (Å²) in [5, 5.41) is 7.41. The number of aromatic amines is 1. The highest BCUT2D eigenvalue weighted by atomic mass is 35.5. The number of fused-ring (bicyclic) bond motifs is 1. The van der Waals surface area contributed by atoms with Crippen LogP contribution in [-0.2, 0) is 32.6 Å². The van der Waals surface area contributed by atoms with E-state index in [4.69, 9.17) is 11.6 Å². The van der Waals surface area contributed by atoms with Crippen molar-refractivity contribution in [2.45, 2.75) is 83.8 Å². The molecule has 4 N–H and O–H groups in total. The number of rotatable bonds is 15. The van der Waals surface area contributed by atoms with Gasteiger partial charge >= 0.3 is 0 Å². The molecule has 0 saturated heterocycles. The number of hydrogen-bond donors (Lipinski definition) is 4. The summed E-state index contributed by atoms with van der Waals surface area (Å²) in [6.07, 6.45) is 9.12. The van der Waals surface area contributed by atoms with Crippen LogP contribution in [-0.4, -0.2) is 43.1 Å². The average molecular weight is 591 g/mol. The van der Waals surface area contributed by atoms with Gasteiger partial charge in [-0.3, -0.25) is 9.59 Å². The number of nitrogens with one attached hydrogen (secondary N) is 4. The number of aromatic nitrogens is 1. The van der Waals surface area contributed by atoms with Gasteiger partial charge in [-0.25, -0.2) is 13.1 Å². The monoisotopic (exact) mass is 590 g/mol. The minimum Gasteiger partial charge on any atom is -0.358 e. The lowest BCUT2D eigenvalue weighted by Gasteiger charge is -2.31. The maximum absolute atomic E-state index is 13.6. The molecule has 1 heterocycles. The predicted octanol–water partition coefficient (Wildman–Crippen LogP) is 5.14. The Balaban J connectivity index is 1.79. The Labute approximate surface area is 243 Å². The Morgan fingerprint density at radius 1 is 1.12 bits per heavy atom. The molecule has 0 radical (unpaired) electrons. The van der Waals surface area contributed by atoms with Gasteiger partial charge < -0.3 is 15.6 Å². The minimum absolute atomic E-state index is 0.118. The maximum atomic E-state index is 13.6. The predicted molar refractivity (Wildman–Crippen MR) is 163 cm³/mol. The van der Waals surface area contributed by atoms with E-state index >= 15 is 0 Å². The molecule has 1 fully saturated rings. The zero-order valence-electron chi connectivity index (χ0n) is 23.6. The zero-order chi connectivity index (χ0) is 29.3. The van der Waals surface area contributed by atoms with Crippen LogP contribution in [0.4, 0.5) is 0 Å². The van der Waals surface area contributed by atoms with Crippen molar-refractivity contribution in [3.8, 4) is 0 Å². The summed E-state index contributed by atoms with van der Waals surface area (Å²) in [5.74, 6) is -0.907. The number of benzene rings is 1. The number of amides is 2. The molecule has 220 valence electrons. The van der Waals surface area contributed by atoms with Crippen molar-refractivity contribution >= 4 is 44.3 Å². The molecular weight excluding hydrogens is 548 g/mol. The molecule has 10 heteroatoms. The Morgan fingerprint density at radius 2 is 1.85 bits per heavy atom. The van der Waals surface area contributed by atoms with E-state index in [0.717, 1.165) is 54.3 Å². The van der Waals surface area contributed by atoms with Crippen molar-refractivity contribution in [1.29, 1.82) is 0 Å². The summed E-state index contributed by atoms with van der Waals surface area (Å²) < 4.78 is 28.2. The highest BCUT2D eigenvalue weighted by molar-refractivity contribution is 7.89. The largest absolute Gasteiger partial charge is 0.358 e. The van der Waals surface area contributed by atoms with Crippen molar-refractivity contribution in [2.24, 2.45) is 11.8 Å². The Bertz CT molecular complexity index is 1300. The second-order valence-corrected chi connectivity index (χ2v) is 13.4. The first-order valence-electron chi connectivity index (χ1n) is 14.1. The number of allylic oxidation sites excluding steroid dienone is 2. The summed E-state index contributed by atoms with van der Waals surface area (Å²) in [5.41, 5.74) is 2.76. The van der Waals surface area contributed by atoms with Gasteiger partial charge in [-0.15, -0.1) is 13.2 Å². The smallest absolute Gasteiger partial charge is 0.242 e. The number of sulfonamides is 1. The van der Waals surface area contributed by atoms with Crippen LogP contribution in [0.5, 0.6) is 0 Å². The Hall–Kier alpha value is -2.62. The lowest BCUT2D eigenvalue weighted by atomic mass is 9.84. The van der Waals surface area contributed by atoms with E-state index in [1.54, 1.807) is 12.2 Å². The van der Waals surface area contributed by atoms with Crippen LogP contribution in [0.15, 0.2) is 43.5 Å². The average Bonchev–Trinajstić information content (AvgIpc) is 3.25. The summed E-state index contributed by atoms with van der Waals surface area (Å²) in [7, 11) is -3.70. The molecule has 0 bridgehead atoms. The Morgan fingerprint density at radius 3 is 2.50 bits per heavy atom. The lowest BCUT2D eigenvalue weighted by molar-refractivity contribution is -0.131. The van der Waals surface area contributed by atoms with E-state index in [1.165, 1.54) is 0 Å². The van der Waals surface area contributed by atoms with Gasteiger partial charge in [-0.2, -0.15) is 0 Å². The molecule has 1 saturated carbocycles. The molecule has 3 rings (SSSR count). The maximum Gasteiger partial charge on any atom is 0.242 e. The van der Waals surface area contributed by atoms with Gasteiger partial charge in [0.15, 0.2) is 0 Å². The quantitative estimate of drug-likeness (QED) is 0.215. The van der Waals surface area contributed by atoms with Gasteiger partial charge in [0.05, 0.1) is 5.75 Å². The van der Waals surface area contributed by atoms with Crippen LogP contribution in [0.2, 0.25) is 5.02 Å². The molecule has 1 aromatic carbocycles. The molecule has 1 aliphatic rings. The number of carbonyl (C=O) groups is 2. The molecule has 8 nitrogen and oxygen atoms in total. The minimum atomic E-state index is -3.70. The summed E-state index contributed by atoms with van der Waals surface area (Å²) in [6, 6.07) is 3.84. The van der Waals surface area contributed by atoms with Gasteiger partial charge in [0.1, 0.15) is 12.1 Å². The number of H-pyrrole nitrogens is 1. The summed E-state index contributed by atoms with van der Waals surface area (Å²) >= 11 is 6.25. The third-order valence-electron chi connectivity index (χ3n) is 7.39. The van der Waals surface area contributed by atoms with E-state index in [9.17, 15) is 18.0 Å². The third-order valence-corrected chi connectivity index (χ3v) is 9.01. The first-order valence-corrected chi connectivity index (χ1v) is 16.2. The molecule has 2 amide bonds. The summed E-state index contributed by atoms with van der Waals surface area (Å²) in [4.78, 5) is 30.5. The molecular formula is C30H43ClN4O4S. The lowest BCUT2D eigenvalue weighted by Crippen LogP contribution is -2.56. The number of halogens is 1. The van der Waals surface area contributed by atoms with Crippen molar-refractivity contribution in [2.75, 3.05) is 5.75 Å². The highest BCUT2D eigenvalue weighted by Crippen LogP contribution is 2.28. The fraction of sp³-hybridized carbons (Fsp3) is 0.533. The second-order valence-electron chi connectivity index (χ2n) is 11.1. The molecule has 2 aromatic rings. The molecule has 1 aliphatic carbocycles. The zero-order valence-corrected chi connectivity index (χ0v) is 25.2. The molecule has 0 unspecified atom stereocenters. The third kappa shape index (κ3) is 8.94. The van der Waals surface area contributed by atoms with Crippen LogP contribution < -0.4 is 15.4 Å². The van der Waals surface area contributed by atoms with Gasteiger partial charge in [0.25, 0.3) is 0 Å². The fourth-order valence-corrected chi connectivity index (χ4v) is 6.83. The van der Waals surface area contributed by atoms with Gasteiger partial charge in [-0.05, 0) is 55.7 Å². The standard InChI is InChI=1S/C30H43ClN4O4S/c1-5-7-16-40(38,39)35-28(21-12-9-8-10-13-21)30(37)34-27(17-20(3)4)29(36)32-19-24-23-18-22(31)14-15-26(23)33-25(24)11-6-2/h5-6,14-15,18,20-21,27-28,33,35H,1-2,7-13,16-17,19H2,3-4H3,(H,32,36)(H,34,37)/t27-,28+/m0/s1. The Kier molecular flexibility index (Phi) is 11.8. The highest BCUT2D eigenvalue weighted by Gasteiger charge is 2.35. The molecule has 2 atom stereocenters. The van der Waals surface area contributed by atoms with Crippen LogP contribution >= 0.6 is 11.6 Å². The number of carbonyl (C=O) groups excluding carboxylic acids is 2. The second kappa shape index (κ2) is 14.8. The SMILES string of the molecule is C=CCCS(=O)(=O)N[C@@H](C(=O)N[C@@H](CC(C)C)C(=O)NCc1c(CC=C)[nH]c2ccc(Cl)cc12)C1CCCCC1. The van der Waals surface area contributed by atoms with Crippen molar-refractivity contribution in [3.05, 3.63) is 59.8 Å². The van der Waals surface area contributed by atoms with Gasteiger partial charge in [0, 0.05) is 40.1 Å². The van der Waals surface area contributed by atoms with Gasteiger partial charge in [-0.1, -0.05) is 56.9 Å². The molecule has 40 heavy (non-hydrogen) atoms. The van der Waals surface area contributed by atoms with Crippen LogP contribution in [0.3, 0.4) is 0 Å². The number of hydrogen-bond acceptors (Lipinski definition) is 4. The van der Waals surface area contributed by atoms with E-state index < -0.39 is 28.0 Å². The first kappa shape index (κ1) is 31.9. The molecule has 0 aliphatic heterocycles. The molecule has 1 aromatic heterocycles. The normalized spacial score (nSPS) is 16.0. The van der Waals surface area contributed by atoms with Crippen molar-refractivity contribution in [3.63, 3.8) is 0 Å². The van der Waals surface area contributed by atoms with Crippen LogP contribution in [0, 0.1) is 11.8 Å².